The second-order valence-corrected chi connectivity index (χ2v) is 8.69. The lowest BCUT2D eigenvalue weighted by Crippen LogP contribution is -2.49. The highest BCUT2D eigenvalue weighted by Gasteiger charge is 2.39. The minimum Gasteiger partial charge on any atom is -0.390 e. The summed E-state index contributed by atoms with van der Waals surface area (Å²) in [6.45, 7) is 2.72. The number of hydrogen-bond acceptors (Lipinski definition) is 4. The molecule has 0 saturated carbocycles. The number of aliphatic hydroxyl groups excluding tert-OH is 1. The number of aliphatic hydroxyl groups is 1. The molecule has 0 aliphatic carbocycles. The van der Waals surface area contributed by atoms with Gasteiger partial charge in [0.25, 0.3) is 5.91 Å². The van der Waals surface area contributed by atoms with Gasteiger partial charge < -0.3 is 15.3 Å². The number of piperidine rings is 1. The second kappa shape index (κ2) is 8.92. The fourth-order valence-corrected chi connectivity index (χ4v) is 4.48. The van der Waals surface area contributed by atoms with E-state index in [2.05, 4.69) is 10.2 Å². The number of amides is 1. The number of carbonyl (C=O) groups is 1. The topological polar surface area (TPSA) is 55.8 Å². The number of anilines is 1. The number of carbonyl (C=O) groups excluding carboxylic acids is 1. The largest absolute Gasteiger partial charge is 0.390 e. The third kappa shape index (κ3) is 4.86. The number of likely N-dealkylation sites (tertiary alicyclic amines) is 2. The summed E-state index contributed by atoms with van der Waals surface area (Å²) in [4.78, 5) is 16.8. The average Bonchev–Trinajstić information content (AvgIpc) is 3.12. The Morgan fingerprint density at radius 3 is 2.14 bits per heavy atom. The maximum absolute atomic E-state index is 12.7. The molecule has 2 atom stereocenters. The van der Waals surface area contributed by atoms with Gasteiger partial charge >= 0.3 is 0 Å². The first kappa shape index (κ1) is 20.5. The summed E-state index contributed by atoms with van der Waals surface area (Å²) in [7, 11) is 0. The lowest BCUT2D eigenvalue weighted by molar-refractivity contribution is 0.0681. The van der Waals surface area contributed by atoms with Gasteiger partial charge in [-0.1, -0.05) is 23.2 Å². The monoisotopic (exact) mass is 433 g/mol. The lowest BCUT2D eigenvalue weighted by Gasteiger charge is -2.37. The number of halogens is 2. The molecule has 5 nitrogen and oxygen atoms in total. The number of nitrogens with zero attached hydrogens (tertiary/aromatic N) is 2. The van der Waals surface area contributed by atoms with E-state index in [0.717, 1.165) is 36.6 Å². The summed E-state index contributed by atoms with van der Waals surface area (Å²) in [5, 5.41) is 15.5. The normalized spacial score (nSPS) is 23.3. The highest BCUT2D eigenvalue weighted by molar-refractivity contribution is 6.30. The van der Waals surface area contributed by atoms with Gasteiger partial charge in [0.15, 0.2) is 0 Å². The van der Waals surface area contributed by atoms with E-state index in [1.165, 1.54) is 0 Å². The van der Waals surface area contributed by atoms with Crippen LogP contribution in [0.3, 0.4) is 0 Å². The van der Waals surface area contributed by atoms with Gasteiger partial charge in [-0.3, -0.25) is 9.69 Å². The van der Waals surface area contributed by atoms with Crippen LogP contribution in [0, 0.1) is 0 Å². The summed E-state index contributed by atoms with van der Waals surface area (Å²) in [6, 6.07) is 15.1. The van der Waals surface area contributed by atoms with E-state index in [4.69, 9.17) is 23.2 Å². The Balaban J connectivity index is 1.31. The van der Waals surface area contributed by atoms with Crippen molar-refractivity contribution in [1.82, 2.24) is 9.80 Å². The van der Waals surface area contributed by atoms with E-state index in [9.17, 15) is 9.90 Å². The molecule has 2 N–H and O–H groups in total. The highest BCUT2D eigenvalue weighted by Crippen LogP contribution is 2.24. The number of rotatable bonds is 4. The van der Waals surface area contributed by atoms with Crippen molar-refractivity contribution in [2.75, 3.05) is 31.5 Å². The Hall–Kier alpha value is -1.79. The van der Waals surface area contributed by atoms with E-state index < -0.39 is 6.10 Å². The van der Waals surface area contributed by atoms with Crippen molar-refractivity contribution in [3.05, 3.63) is 64.1 Å². The standard InChI is InChI=1S/C22H25Cl2N3O2/c23-16-3-1-15(2-4-16)22(29)27-13-20(21(28)14-27)26-11-9-19(10-12-26)25-18-7-5-17(24)6-8-18/h1-8,19-21,25,28H,9-14H2. The van der Waals surface area contributed by atoms with Crippen molar-refractivity contribution < 1.29 is 9.90 Å². The van der Waals surface area contributed by atoms with E-state index in [1.807, 2.05) is 24.3 Å². The van der Waals surface area contributed by atoms with E-state index >= 15 is 0 Å². The third-order valence-corrected chi connectivity index (χ3v) is 6.35. The van der Waals surface area contributed by atoms with Gasteiger partial charge in [0.05, 0.1) is 12.1 Å². The van der Waals surface area contributed by atoms with E-state index in [1.54, 1.807) is 29.2 Å². The molecular formula is C22H25Cl2N3O2. The Labute approximate surface area is 181 Å². The van der Waals surface area contributed by atoms with Crippen LogP contribution in [0.15, 0.2) is 48.5 Å². The summed E-state index contributed by atoms with van der Waals surface area (Å²) in [5.41, 5.74) is 1.68. The maximum Gasteiger partial charge on any atom is 0.253 e. The zero-order valence-electron chi connectivity index (χ0n) is 16.1. The molecular weight excluding hydrogens is 409 g/mol. The van der Waals surface area contributed by atoms with Crippen LogP contribution in [0.2, 0.25) is 10.0 Å². The quantitative estimate of drug-likeness (QED) is 0.770. The van der Waals surface area contributed by atoms with Gasteiger partial charge in [-0.15, -0.1) is 0 Å². The van der Waals surface area contributed by atoms with Crippen molar-refractivity contribution in [3.8, 4) is 0 Å². The molecule has 0 radical (unpaired) electrons. The fourth-order valence-electron chi connectivity index (χ4n) is 4.23. The summed E-state index contributed by atoms with van der Waals surface area (Å²) in [5.74, 6) is -0.0532. The average molecular weight is 434 g/mol. The summed E-state index contributed by atoms with van der Waals surface area (Å²) < 4.78 is 0. The van der Waals surface area contributed by atoms with Crippen LogP contribution in [0.5, 0.6) is 0 Å². The molecule has 2 saturated heterocycles. The Morgan fingerprint density at radius 1 is 0.931 bits per heavy atom. The molecule has 1 amide bonds. The molecule has 2 aromatic rings. The maximum atomic E-state index is 12.7. The fraction of sp³-hybridized carbons (Fsp3) is 0.409. The van der Waals surface area contributed by atoms with Gasteiger partial charge in [0.2, 0.25) is 0 Å². The first-order valence-corrected chi connectivity index (χ1v) is 10.7. The molecule has 154 valence electrons. The van der Waals surface area contributed by atoms with E-state index in [-0.39, 0.29) is 11.9 Å². The van der Waals surface area contributed by atoms with Crippen molar-refractivity contribution in [3.63, 3.8) is 0 Å². The molecule has 2 unspecified atom stereocenters. The minimum absolute atomic E-state index is 0.0114. The first-order chi connectivity index (χ1) is 14.0. The van der Waals surface area contributed by atoms with Gasteiger partial charge in [-0.2, -0.15) is 0 Å². The predicted molar refractivity (Wildman–Crippen MR) is 117 cm³/mol. The van der Waals surface area contributed by atoms with Gasteiger partial charge in [0, 0.05) is 53.5 Å². The van der Waals surface area contributed by atoms with Crippen molar-refractivity contribution in [2.24, 2.45) is 0 Å². The Morgan fingerprint density at radius 2 is 1.52 bits per heavy atom. The molecule has 0 bridgehead atoms. The van der Waals surface area contributed by atoms with Crippen molar-refractivity contribution >= 4 is 34.8 Å². The summed E-state index contributed by atoms with van der Waals surface area (Å²) in [6.07, 6.45) is 1.47. The molecule has 7 heteroatoms. The Bertz CT molecular complexity index is 836. The van der Waals surface area contributed by atoms with Gasteiger partial charge in [-0.05, 0) is 61.4 Å². The number of β-amino-alcohol motifs (C(OH)–C–C–N with tert-alkyl or cyclic N) is 1. The molecule has 4 rings (SSSR count). The minimum atomic E-state index is -0.521. The number of benzene rings is 2. The predicted octanol–water partition coefficient (Wildman–Crippen LogP) is 3.76. The molecule has 2 aromatic carbocycles. The van der Waals surface area contributed by atoms with Crippen LogP contribution in [-0.4, -0.2) is 65.2 Å². The Kier molecular flexibility index (Phi) is 6.30. The molecule has 2 fully saturated rings. The van der Waals surface area contributed by atoms with Crippen LogP contribution < -0.4 is 5.32 Å². The van der Waals surface area contributed by atoms with Crippen molar-refractivity contribution in [2.45, 2.75) is 31.0 Å². The molecule has 2 aliphatic rings. The highest BCUT2D eigenvalue weighted by atomic mass is 35.5. The molecule has 0 aromatic heterocycles. The lowest BCUT2D eigenvalue weighted by atomic mass is 10.0. The smallest absolute Gasteiger partial charge is 0.253 e. The SMILES string of the molecule is O=C(c1ccc(Cl)cc1)N1CC(O)C(N2CCC(Nc3ccc(Cl)cc3)CC2)C1. The van der Waals surface area contributed by atoms with E-state index in [0.29, 0.717) is 29.7 Å². The van der Waals surface area contributed by atoms with Crippen LogP contribution >= 0.6 is 23.2 Å². The zero-order chi connectivity index (χ0) is 20.4. The van der Waals surface area contributed by atoms with Crippen LogP contribution in [-0.2, 0) is 0 Å². The zero-order valence-corrected chi connectivity index (χ0v) is 17.6. The molecule has 29 heavy (non-hydrogen) atoms. The van der Waals surface area contributed by atoms with Crippen molar-refractivity contribution in [1.29, 1.82) is 0 Å². The van der Waals surface area contributed by atoms with Crippen LogP contribution in [0.4, 0.5) is 5.69 Å². The third-order valence-electron chi connectivity index (χ3n) is 5.85. The van der Waals surface area contributed by atoms with Gasteiger partial charge in [-0.25, -0.2) is 0 Å². The van der Waals surface area contributed by atoms with Crippen LogP contribution in [0.25, 0.3) is 0 Å². The first-order valence-electron chi connectivity index (χ1n) is 9.98. The number of nitrogens with one attached hydrogen (secondary N) is 1. The number of hydrogen-bond donors (Lipinski definition) is 2. The summed E-state index contributed by atoms with van der Waals surface area (Å²) >= 11 is 11.9. The molecule has 2 heterocycles. The van der Waals surface area contributed by atoms with Crippen LogP contribution in [0.1, 0.15) is 23.2 Å². The second-order valence-electron chi connectivity index (χ2n) is 7.81. The van der Waals surface area contributed by atoms with Gasteiger partial charge in [0.1, 0.15) is 0 Å². The molecule has 2 aliphatic heterocycles. The molecule has 0 spiro atoms.